The number of primary amides is 1. The first-order valence-corrected chi connectivity index (χ1v) is 46.7. The van der Waals surface area contributed by atoms with E-state index in [4.69, 9.17) is 5.73 Å². The first-order chi connectivity index (χ1) is 63.6. The molecule has 0 saturated carbocycles. The number of aliphatic hydroxyl groups excluding tert-OH is 1. The predicted octanol–water partition coefficient (Wildman–Crippen LogP) is -3.87. The molecule has 48 heteroatoms. The number of benzene rings is 2. The number of hydrogen-bond donors (Lipinski definition) is 26. The number of carboxylic acid groups (broad SMARTS) is 2. The molecule has 1 unspecified atom stereocenters. The molecule has 13 atom stereocenters. The van der Waals surface area contributed by atoms with Gasteiger partial charge < -0.3 is 137 Å². The number of H-pyrrole nitrogens is 2. The molecule has 4 aromatic rings. The van der Waals surface area contributed by atoms with E-state index >= 15 is 19.2 Å². The SMILES string of the molecule is CCCCNC(=O)NCCC(=O)NCCC(=O)NCCC(=O)NCCC(=O)N[C@@H](CC(=O)O)C(=O)N[C@H]1CSSC[C@@H](C(=O)N[C@H](C(N)=O)C(C)O)NC(=O)[C@H](Cc2c[nH]c3ccccc23)NC(=O)[C@H](C(C)C)NC(=O)[C@H](CC(C)C)NC(=O)[C@H](CCC(=O)O)NC(=O)CNC(=O)[C@H](CC(C)C)NC(=O)[C@H](CC2=CNCN2)NC(=O)[C@H](Cc2c[nH]c3ccccc23)NC(=O)[C@H](C)NC1=O. The van der Waals surface area contributed by atoms with E-state index in [1.54, 1.807) is 102 Å². The molecule has 19 amide bonds. The van der Waals surface area contributed by atoms with Crippen LogP contribution >= 0.6 is 21.6 Å². The summed E-state index contributed by atoms with van der Waals surface area (Å²) in [7, 11) is 1.43. The highest BCUT2D eigenvalue weighted by Crippen LogP contribution is 2.26. The third-order valence-electron chi connectivity index (χ3n) is 21.0. The first kappa shape index (κ1) is 109. The Hall–Kier alpha value is -13.3. The monoisotopic (exact) mass is 1910 g/mol. The van der Waals surface area contributed by atoms with Crippen LogP contribution in [-0.4, -0.2) is 280 Å². The minimum atomic E-state index is -1.99. The van der Waals surface area contributed by atoms with Crippen LogP contribution in [0.2, 0.25) is 0 Å². The third kappa shape index (κ3) is 38.1. The van der Waals surface area contributed by atoms with Crippen LogP contribution in [0.15, 0.2) is 72.8 Å². The summed E-state index contributed by atoms with van der Waals surface area (Å²) in [5, 5.41) is 83.6. The molecule has 1 fully saturated rings. The Balaban J connectivity index is 1.38. The minimum Gasteiger partial charge on any atom is -0.481 e. The van der Waals surface area contributed by atoms with E-state index in [1.807, 2.05) is 6.92 Å². The lowest BCUT2D eigenvalue weighted by atomic mass is 9.98. The molecular formula is C86H127N23O23S2. The number of unbranched alkanes of at least 4 members (excludes halogenated alkanes) is 1. The first-order valence-electron chi connectivity index (χ1n) is 44.2. The zero-order valence-corrected chi connectivity index (χ0v) is 77.9. The fraction of sp³-hybridized carbons (Fsp3) is 0.558. The number of para-hydroxylation sites is 2. The maximum atomic E-state index is 15.3. The van der Waals surface area contributed by atoms with Gasteiger partial charge in [0, 0.05) is 142 Å². The van der Waals surface area contributed by atoms with Crippen molar-refractivity contribution in [3.05, 3.63) is 83.9 Å². The third-order valence-corrected chi connectivity index (χ3v) is 23.4. The molecule has 736 valence electrons. The topological polar surface area (TPSA) is 700 Å². The Morgan fingerprint density at radius 3 is 1.50 bits per heavy atom. The van der Waals surface area contributed by atoms with Gasteiger partial charge in [0.05, 0.1) is 25.7 Å². The Kier molecular flexibility index (Phi) is 45.7. The predicted molar refractivity (Wildman–Crippen MR) is 492 cm³/mol. The molecule has 1 saturated heterocycles. The van der Waals surface area contributed by atoms with Crippen molar-refractivity contribution in [2.45, 2.75) is 231 Å². The van der Waals surface area contributed by atoms with E-state index in [1.165, 1.54) is 13.1 Å². The second-order valence-electron chi connectivity index (χ2n) is 33.5. The van der Waals surface area contributed by atoms with Crippen molar-refractivity contribution in [1.82, 2.24) is 116 Å². The summed E-state index contributed by atoms with van der Waals surface area (Å²) in [6.07, 6.45) is 0.113. The number of nitrogens with one attached hydrogen (secondary N) is 22. The number of urea groups is 1. The fourth-order valence-corrected chi connectivity index (χ4v) is 16.2. The highest BCUT2D eigenvalue weighted by atomic mass is 33.1. The number of aliphatic carboxylic acids is 2. The average molecular weight is 1920 g/mol. The molecule has 0 bridgehead atoms. The minimum absolute atomic E-state index is 0.0504. The van der Waals surface area contributed by atoms with Crippen LogP contribution in [0.25, 0.3) is 21.8 Å². The lowest BCUT2D eigenvalue weighted by Gasteiger charge is -2.29. The van der Waals surface area contributed by atoms with Crippen molar-refractivity contribution in [3.63, 3.8) is 0 Å². The molecule has 0 spiro atoms. The highest BCUT2D eigenvalue weighted by molar-refractivity contribution is 8.76. The van der Waals surface area contributed by atoms with Crippen molar-refractivity contribution < 1.29 is 111 Å². The van der Waals surface area contributed by atoms with Gasteiger partial charge in [-0.15, -0.1) is 0 Å². The molecule has 2 aliphatic heterocycles. The summed E-state index contributed by atoms with van der Waals surface area (Å²) in [6.45, 7) is 13.5. The zero-order valence-electron chi connectivity index (χ0n) is 76.3. The normalized spacial score (nSPS) is 21.1. The molecule has 4 heterocycles. The lowest BCUT2D eigenvalue weighted by molar-refractivity contribution is -0.141. The Bertz CT molecular complexity index is 4830. The summed E-state index contributed by atoms with van der Waals surface area (Å²) >= 11 is 0. The largest absolute Gasteiger partial charge is 0.481 e. The van der Waals surface area contributed by atoms with Gasteiger partial charge in [0.2, 0.25) is 100 Å². The number of carbonyl (C=O) groups is 20. The van der Waals surface area contributed by atoms with Gasteiger partial charge in [0.25, 0.3) is 0 Å². The quantitative estimate of drug-likeness (QED) is 0.0151. The van der Waals surface area contributed by atoms with Gasteiger partial charge in [-0.1, -0.05) is 113 Å². The number of rotatable bonds is 38. The van der Waals surface area contributed by atoms with E-state index in [0.29, 0.717) is 56.0 Å². The molecule has 2 aromatic carbocycles. The molecule has 0 radical (unpaired) electrons. The van der Waals surface area contributed by atoms with Gasteiger partial charge in [-0.25, -0.2) is 4.79 Å². The van der Waals surface area contributed by atoms with Crippen LogP contribution in [0, 0.1) is 17.8 Å². The lowest BCUT2D eigenvalue weighted by Crippen LogP contribution is -2.61. The number of aromatic amines is 2. The number of carboxylic acids is 2. The summed E-state index contributed by atoms with van der Waals surface area (Å²) in [4.78, 5) is 284. The fourth-order valence-electron chi connectivity index (χ4n) is 13.9. The van der Waals surface area contributed by atoms with E-state index in [0.717, 1.165) is 30.6 Å². The van der Waals surface area contributed by atoms with Crippen molar-refractivity contribution in [1.29, 1.82) is 0 Å². The Morgan fingerprint density at radius 1 is 0.500 bits per heavy atom. The molecular weight excluding hydrogens is 1790 g/mol. The van der Waals surface area contributed by atoms with E-state index < -0.39 is 247 Å². The molecule has 2 aliphatic rings. The van der Waals surface area contributed by atoms with Gasteiger partial charge in [0.1, 0.15) is 72.5 Å². The molecule has 2 aromatic heterocycles. The number of aliphatic hydroxyl groups is 1. The van der Waals surface area contributed by atoms with Gasteiger partial charge in [-0.3, -0.25) is 91.1 Å². The molecule has 27 N–H and O–H groups in total. The molecule has 46 nitrogen and oxygen atoms in total. The van der Waals surface area contributed by atoms with Gasteiger partial charge >= 0.3 is 18.0 Å². The smallest absolute Gasteiger partial charge is 0.314 e. The van der Waals surface area contributed by atoms with Crippen LogP contribution in [0.5, 0.6) is 0 Å². The van der Waals surface area contributed by atoms with Crippen LogP contribution in [0.4, 0.5) is 4.79 Å². The second kappa shape index (κ2) is 55.9. The number of aromatic nitrogens is 2. The highest BCUT2D eigenvalue weighted by Gasteiger charge is 2.40. The van der Waals surface area contributed by atoms with Crippen LogP contribution in [0.1, 0.15) is 150 Å². The van der Waals surface area contributed by atoms with E-state index in [-0.39, 0.29) is 96.1 Å². The summed E-state index contributed by atoms with van der Waals surface area (Å²) in [5.74, 6) is -22.3. The maximum absolute atomic E-state index is 15.3. The van der Waals surface area contributed by atoms with E-state index in [9.17, 15) is 92.0 Å². The molecule has 0 aliphatic carbocycles. The van der Waals surface area contributed by atoms with Gasteiger partial charge in [-0.05, 0) is 80.5 Å². The number of amides is 19. The molecule has 134 heavy (non-hydrogen) atoms. The number of hydrogen-bond acceptors (Lipinski definition) is 25. The van der Waals surface area contributed by atoms with E-state index in [2.05, 4.69) is 116 Å². The molecule has 6 rings (SSSR count). The summed E-state index contributed by atoms with van der Waals surface area (Å²) in [6, 6.07) is -6.90. The van der Waals surface area contributed by atoms with Gasteiger partial charge in [-0.2, -0.15) is 0 Å². The second-order valence-corrected chi connectivity index (χ2v) is 36.0. The number of fused-ring (bicyclic) bond motifs is 2. The van der Waals surface area contributed by atoms with Crippen molar-refractivity contribution in [2.24, 2.45) is 23.5 Å². The number of nitrogens with two attached hydrogens (primary N) is 1. The summed E-state index contributed by atoms with van der Waals surface area (Å²) < 4.78 is 0. The standard InChI is InChI=1S/C86H127N23O23S2/c1-10-11-26-92-86(132)93-30-24-67(113)90-28-22-65(111)89-27-23-66(112)91-29-25-68(114)100-62(36-71(118)119)81(127)106-63-41-133-134-42-64(84(130)109-73(48(9)110)74(87)120)107-79(125)60(34-50-38-95-55-19-15-13-17-53(50)55)105-85(131)72(46(6)7)108-82(128)58(32-45(4)5)103-77(123)56(20-21-70(116)117)99-69(115)40-96-76(122)57(31-44(2)3)102-80(126)61(35-51-39-88-43-97-51)104-78(124)59(101-75(121)47(8)98-83(63)129)33-49-37-94-54-18-14-12-16-52(49)54/h12-19,37-39,44-48,56-64,72-73,88,94-95,97,110H,10-11,20-36,40-43H2,1-9H3,(H2,87,120)(H,89,111)(H,90,113)(H,91,112)(H,96,122)(H,98,129)(H,99,115)(H,100,114)(H,101,121)(H,102,126)(H,103,123)(H,104,124)(H,105,131)(H,106,127)(H,107,125)(H,108,128)(H,109,130)(H,116,117)(H,118,119)(H2,92,93,132)/t47-,48?,56-,57-,58-,59-,60-,61-,62-,63-,64-,72-,73-/m0/s1. The summed E-state index contributed by atoms with van der Waals surface area (Å²) in [5.41, 5.74) is 8.13. The van der Waals surface area contributed by atoms with Crippen LogP contribution in [0.3, 0.4) is 0 Å². The van der Waals surface area contributed by atoms with Crippen LogP contribution < -0.4 is 112 Å². The van der Waals surface area contributed by atoms with Gasteiger partial charge in [0.15, 0.2) is 0 Å². The Morgan fingerprint density at radius 2 is 0.985 bits per heavy atom. The van der Waals surface area contributed by atoms with Crippen molar-refractivity contribution in [3.8, 4) is 0 Å². The average Bonchev–Trinajstić information content (AvgIpc) is 1.66. The number of carbonyl (C=O) groups excluding carboxylic acids is 18. The van der Waals surface area contributed by atoms with Crippen LogP contribution in [-0.2, 0) is 104 Å². The van der Waals surface area contributed by atoms with Crippen molar-refractivity contribution >= 4 is 162 Å². The zero-order chi connectivity index (χ0) is 98.8. The van der Waals surface area contributed by atoms with Crippen molar-refractivity contribution in [2.75, 3.05) is 57.4 Å². The Labute approximate surface area is 781 Å². The maximum Gasteiger partial charge on any atom is 0.314 e.